The molecule has 2 aromatic rings. The molecule has 1 amide bonds. The molecule has 10 heteroatoms. The van der Waals surface area contributed by atoms with Gasteiger partial charge in [-0.15, -0.1) is 0 Å². The van der Waals surface area contributed by atoms with Crippen LogP contribution >= 0.6 is 0 Å². The van der Waals surface area contributed by atoms with E-state index in [0.717, 1.165) is 10.4 Å². The number of carbonyl (C=O) groups is 1. The predicted octanol–water partition coefficient (Wildman–Crippen LogP) is 2.11. The summed E-state index contributed by atoms with van der Waals surface area (Å²) in [5.74, 6) is -0.583. The number of nitrogens with one attached hydrogen (secondary N) is 1. The Kier molecular flexibility index (Phi) is 5.58. The molecule has 2 aromatic carbocycles. The predicted molar refractivity (Wildman–Crippen MR) is 94.9 cm³/mol. The molecule has 0 unspecified atom stereocenters. The average Bonchev–Trinajstić information content (AvgIpc) is 2.61. The quantitative estimate of drug-likeness (QED) is 0.606. The van der Waals surface area contributed by atoms with Gasteiger partial charge >= 0.3 is 5.69 Å². The van der Waals surface area contributed by atoms with E-state index in [2.05, 4.69) is 5.32 Å². The van der Waals surface area contributed by atoms with Crippen LogP contribution in [0.25, 0.3) is 0 Å². The molecule has 9 nitrogen and oxygen atoms in total. The molecule has 0 aliphatic heterocycles. The lowest BCUT2D eigenvalue weighted by Crippen LogP contribution is -2.22. The highest BCUT2D eigenvalue weighted by Crippen LogP contribution is 2.28. The molecule has 1 N–H and O–H groups in total. The van der Waals surface area contributed by atoms with Crippen molar-refractivity contribution >= 4 is 27.3 Å². The minimum Gasteiger partial charge on any atom is -0.490 e. The summed E-state index contributed by atoms with van der Waals surface area (Å²) >= 11 is 0. The van der Waals surface area contributed by atoms with Crippen LogP contribution in [0.5, 0.6) is 5.75 Å². The van der Waals surface area contributed by atoms with E-state index in [4.69, 9.17) is 4.74 Å². The average molecular weight is 379 g/mol. The van der Waals surface area contributed by atoms with Gasteiger partial charge in [0.25, 0.3) is 5.91 Å². The van der Waals surface area contributed by atoms with Crippen molar-refractivity contribution in [2.75, 3.05) is 26.5 Å². The third kappa shape index (κ3) is 3.98. The Bertz CT molecular complexity index is 956. The number of ether oxygens (including phenoxy) is 1. The van der Waals surface area contributed by atoms with Crippen molar-refractivity contribution < 1.29 is 22.9 Å². The van der Waals surface area contributed by atoms with E-state index in [1.54, 1.807) is 0 Å². The van der Waals surface area contributed by atoms with Crippen LogP contribution in [0.4, 0.5) is 11.4 Å². The van der Waals surface area contributed by atoms with Gasteiger partial charge in [-0.05, 0) is 30.3 Å². The van der Waals surface area contributed by atoms with Crippen molar-refractivity contribution in [2.24, 2.45) is 0 Å². The number of nitro groups is 1. The molecule has 0 fully saturated rings. The van der Waals surface area contributed by atoms with Crippen LogP contribution in [0.2, 0.25) is 0 Å². The zero-order valence-electron chi connectivity index (χ0n) is 14.3. The first-order valence-corrected chi connectivity index (χ1v) is 8.77. The molecule has 0 saturated heterocycles. The summed E-state index contributed by atoms with van der Waals surface area (Å²) in [6.07, 6.45) is 0. The van der Waals surface area contributed by atoms with Gasteiger partial charge in [-0.25, -0.2) is 12.7 Å². The van der Waals surface area contributed by atoms with E-state index in [9.17, 15) is 23.3 Å². The number of sulfonamides is 1. The number of nitro benzene ring substituents is 1. The van der Waals surface area contributed by atoms with Crippen LogP contribution in [0, 0.1) is 10.1 Å². The van der Waals surface area contributed by atoms with Gasteiger partial charge in [0.15, 0.2) is 5.75 Å². The van der Waals surface area contributed by atoms with Gasteiger partial charge in [0.05, 0.1) is 16.9 Å². The number of amides is 1. The molecular formula is C16H17N3O6S. The number of rotatable bonds is 6. The molecule has 0 bridgehead atoms. The molecule has 0 aliphatic rings. The Morgan fingerprint density at radius 2 is 1.88 bits per heavy atom. The molecule has 0 aromatic heterocycles. The maximum atomic E-state index is 12.3. The number of hydrogen-bond donors (Lipinski definition) is 1. The molecule has 2 rings (SSSR count). The Labute approximate surface area is 150 Å². The largest absolute Gasteiger partial charge is 0.490 e. The lowest BCUT2D eigenvalue weighted by atomic mass is 10.1. The van der Waals surface area contributed by atoms with Gasteiger partial charge in [0.1, 0.15) is 0 Å². The van der Waals surface area contributed by atoms with E-state index in [1.807, 2.05) is 0 Å². The van der Waals surface area contributed by atoms with Crippen LogP contribution in [-0.2, 0) is 10.0 Å². The van der Waals surface area contributed by atoms with Crippen molar-refractivity contribution in [1.82, 2.24) is 4.31 Å². The summed E-state index contributed by atoms with van der Waals surface area (Å²) in [7, 11) is 0.440. The van der Waals surface area contributed by atoms with Gasteiger partial charge in [0, 0.05) is 31.4 Å². The fourth-order valence-corrected chi connectivity index (χ4v) is 3.07. The first-order valence-electron chi connectivity index (χ1n) is 7.33. The number of carbonyl (C=O) groups excluding carboxylic acids is 1. The summed E-state index contributed by atoms with van der Waals surface area (Å²) in [4.78, 5) is 22.8. The van der Waals surface area contributed by atoms with Crippen molar-refractivity contribution in [3.63, 3.8) is 0 Å². The highest BCUT2D eigenvalue weighted by Gasteiger charge is 2.20. The minimum absolute atomic E-state index is 0.0148. The second-order valence-corrected chi connectivity index (χ2v) is 7.56. The van der Waals surface area contributed by atoms with Gasteiger partial charge in [-0.3, -0.25) is 14.9 Å². The second kappa shape index (κ2) is 7.50. The molecule has 0 atom stereocenters. The van der Waals surface area contributed by atoms with Crippen LogP contribution in [0.3, 0.4) is 0 Å². The van der Waals surface area contributed by atoms with Gasteiger partial charge in [-0.2, -0.15) is 0 Å². The number of benzene rings is 2. The standard InChI is InChI=1S/C16H17N3O6S/c1-18(2)26(23,24)13-6-4-5-12(10-13)17-16(20)11-7-8-15(25-3)14(9-11)19(21)22/h4-10H,1-3H3,(H,17,20). The van der Waals surface area contributed by atoms with Crippen molar-refractivity contribution in [3.8, 4) is 5.75 Å². The highest BCUT2D eigenvalue weighted by atomic mass is 32.2. The molecule has 26 heavy (non-hydrogen) atoms. The van der Waals surface area contributed by atoms with E-state index in [-0.39, 0.29) is 27.6 Å². The molecule has 0 heterocycles. The number of methoxy groups -OCH3 is 1. The molecule has 0 aliphatic carbocycles. The van der Waals surface area contributed by atoms with Crippen LogP contribution in [-0.4, -0.2) is 44.8 Å². The topological polar surface area (TPSA) is 119 Å². The summed E-state index contributed by atoms with van der Waals surface area (Å²) in [5.41, 5.74) is -0.0566. The van der Waals surface area contributed by atoms with E-state index in [1.165, 1.54) is 57.6 Å². The van der Waals surface area contributed by atoms with Crippen LogP contribution in [0.1, 0.15) is 10.4 Å². The fraction of sp³-hybridized carbons (Fsp3) is 0.188. The Balaban J connectivity index is 2.31. The lowest BCUT2D eigenvalue weighted by Gasteiger charge is -2.13. The van der Waals surface area contributed by atoms with E-state index >= 15 is 0 Å². The summed E-state index contributed by atoms with van der Waals surface area (Å²) < 4.78 is 30.3. The Morgan fingerprint density at radius 3 is 2.46 bits per heavy atom. The summed E-state index contributed by atoms with van der Waals surface area (Å²) in [6.45, 7) is 0. The SMILES string of the molecule is COc1ccc(C(=O)Nc2cccc(S(=O)(=O)N(C)C)c2)cc1[N+](=O)[O-]. The van der Waals surface area contributed by atoms with E-state index < -0.39 is 20.9 Å². The summed E-state index contributed by atoms with van der Waals surface area (Å²) in [6, 6.07) is 9.51. The van der Waals surface area contributed by atoms with Gasteiger partial charge < -0.3 is 10.1 Å². The van der Waals surface area contributed by atoms with Crippen LogP contribution < -0.4 is 10.1 Å². The molecular weight excluding hydrogens is 362 g/mol. The smallest absolute Gasteiger partial charge is 0.311 e. The zero-order valence-corrected chi connectivity index (χ0v) is 15.1. The maximum absolute atomic E-state index is 12.3. The number of nitrogens with zero attached hydrogens (tertiary/aromatic N) is 2. The zero-order chi connectivity index (χ0) is 19.5. The van der Waals surface area contributed by atoms with Crippen molar-refractivity contribution in [3.05, 3.63) is 58.1 Å². The highest BCUT2D eigenvalue weighted by molar-refractivity contribution is 7.89. The monoisotopic (exact) mass is 379 g/mol. The maximum Gasteiger partial charge on any atom is 0.311 e. The normalized spacial score (nSPS) is 11.2. The third-order valence-electron chi connectivity index (χ3n) is 3.51. The molecule has 0 spiro atoms. The van der Waals surface area contributed by atoms with Gasteiger partial charge in [-0.1, -0.05) is 6.07 Å². The van der Waals surface area contributed by atoms with E-state index in [0.29, 0.717) is 0 Å². The molecule has 0 radical (unpaired) electrons. The lowest BCUT2D eigenvalue weighted by molar-refractivity contribution is -0.385. The third-order valence-corrected chi connectivity index (χ3v) is 5.32. The Hall–Kier alpha value is -2.98. The minimum atomic E-state index is -3.65. The van der Waals surface area contributed by atoms with Gasteiger partial charge in [0.2, 0.25) is 10.0 Å². The number of anilines is 1. The van der Waals surface area contributed by atoms with Crippen molar-refractivity contribution in [1.29, 1.82) is 0 Å². The number of hydrogen-bond acceptors (Lipinski definition) is 6. The molecule has 0 saturated carbocycles. The summed E-state index contributed by atoms with van der Waals surface area (Å²) in [5, 5.41) is 13.6. The van der Waals surface area contributed by atoms with Crippen LogP contribution in [0.15, 0.2) is 47.4 Å². The Morgan fingerprint density at radius 1 is 1.19 bits per heavy atom. The first kappa shape index (κ1) is 19.3. The first-order chi connectivity index (χ1) is 12.2. The fourth-order valence-electron chi connectivity index (χ4n) is 2.12. The molecule has 138 valence electrons. The second-order valence-electron chi connectivity index (χ2n) is 5.41. The van der Waals surface area contributed by atoms with Crippen molar-refractivity contribution in [2.45, 2.75) is 4.90 Å².